The summed E-state index contributed by atoms with van der Waals surface area (Å²) in [5.41, 5.74) is 9.28. The summed E-state index contributed by atoms with van der Waals surface area (Å²) in [6, 6.07) is 12.2. The lowest BCUT2D eigenvalue weighted by Crippen LogP contribution is -2.15. The van der Waals surface area contributed by atoms with Crippen LogP contribution in [0.5, 0.6) is 0 Å². The van der Waals surface area contributed by atoms with Gasteiger partial charge in [0, 0.05) is 42.9 Å². The van der Waals surface area contributed by atoms with E-state index in [9.17, 15) is 9.59 Å². The Balaban J connectivity index is 1.73. The van der Waals surface area contributed by atoms with Crippen molar-refractivity contribution in [3.8, 4) is 0 Å². The summed E-state index contributed by atoms with van der Waals surface area (Å²) in [6.07, 6.45) is 0.678. The van der Waals surface area contributed by atoms with Crippen LogP contribution in [0.3, 0.4) is 0 Å². The van der Waals surface area contributed by atoms with E-state index in [4.69, 9.17) is 5.73 Å². The first-order valence-electron chi connectivity index (χ1n) is 10.8. The SMILES string of the molecule is Cc1cc(C(=O)CSc2nnc(CCC(N)=O)n2CC(C)C)c(C)n1Cc1ccccc1. The Kier molecular flexibility index (Phi) is 7.90. The van der Waals surface area contributed by atoms with E-state index in [1.165, 1.54) is 17.3 Å². The van der Waals surface area contributed by atoms with Crippen LogP contribution in [0.2, 0.25) is 0 Å². The second-order valence-corrected chi connectivity index (χ2v) is 9.38. The Morgan fingerprint density at radius 1 is 1.09 bits per heavy atom. The number of primary amides is 1. The molecule has 7 nitrogen and oxygen atoms in total. The van der Waals surface area contributed by atoms with Gasteiger partial charge in [-0.15, -0.1) is 10.2 Å². The van der Waals surface area contributed by atoms with Crippen LogP contribution in [0.1, 0.15) is 53.4 Å². The highest BCUT2D eigenvalue weighted by Gasteiger charge is 2.19. The molecular formula is C24H31N5O2S. The lowest BCUT2D eigenvalue weighted by Gasteiger charge is -2.12. The molecule has 0 bridgehead atoms. The number of carbonyl (C=O) groups is 2. The summed E-state index contributed by atoms with van der Waals surface area (Å²) in [5.74, 6) is 1.10. The largest absolute Gasteiger partial charge is 0.370 e. The molecule has 8 heteroatoms. The van der Waals surface area contributed by atoms with E-state index in [0.29, 0.717) is 17.5 Å². The number of Topliss-reactive ketones (excluding diaryl/α,β-unsaturated/α-hetero) is 1. The monoisotopic (exact) mass is 453 g/mol. The van der Waals surface area contributed by atoms with Gasteiger partial charge in [-0.3, -0.25) is 9.59 Å². The minimum absolute atomic E-state index is 0.0696. The van der Waals surface area contributed by atoms with Gasteiger partial charge in [-0.05, 0) is 31.4 Å². The second kappa shape index (κ2) is 10.6. The first-order valence-corrected chi connectivity index (χ1v) is 11.8. The number of aryl methyl sites for hydroxylation is 2. The molecule has 3 rings (SSSR count). The molecule has 0 aliphatic carbocycles. The maximum absolute atomic E-state index is 13.1. The van der Waals surface area contributed by atoms with Gasteiger partial charge in [-0.2, -0.15) is 0 Å². The summed E-state index contributed by atoms with van der Waals surface area (Å²) in [4.78, 5) is 24.2. The van der Waals surface area contributed by atoms with Gasteiger partial charge < -0.3 is 14.9 Å². The number of amides is 1. The maximum Gasteiger partial charge on any atom is 0.217 e. The number of benzene rings is 1. The molecule has 2 heterocycles. The van der Waals surface area contributed by atoms with E-state index in [2.05, 4.69) is 40.7 Å². The third-order valence-electron chi connectivity index (χ3n) is 5.33. The van der Waals surface area contributed by atoms with Gasteiger partial charge in [-0.25, -0.2) is 0 Å². The fourth-order valence-electron chi connectivity index (χ4n) is 3.69. The fourth-order valence-corrected chi connectivity index (χ4v) is 4.54. The zero-order chi connectivity index (χ0) is 23.3. The van der Waals surface area contributed by atoms with Crippen LogP contribution in [0.4, 0.5) is 0 Å². The molecule has 1 aromatic carbocycles. The number of carbonyl (C=O) groups excluding carboxylic acids is 2. The first-order chi connectivity index (χ1) is 15.3. The van der Waals surface area contributed by atoms with Crippen molar-refractivity contribution in [2.75, 3.05) is 5.75 Å². The van der Waals surface area contributed by atoms with E-state index in [1.54, 1.807) is 0 Å². The highest BCUT2D eigenvalue weighted by Crippen LogP contribution is 2.23. The summed E-state index contributed by atoms with van der Waals surface area (Å²) in [5, 5.41) is 9.22. The Labute approximate surface area is 193 Å². The number of rotatable bonds is 11. The highest BCUT2D eigenvalue weighted by atomic mass is 32.2. The van der Waals surface area contributed by atoms with Crippen molar-refractivity contribution in [1.29, 1.82) is 0 Å². The summed E-state index contributed by atoms with van der Waals surface area (Å²) < 4.78 is 4.18. The quantitative estimate of drug-likeness (QED) is 0.352. The molecule has 0 aliphatic rings. The number of hydrogen-bond donors (Lipinski definition) is 1. The predicted octanol–water partition coefficient (Wildman–Crippen LogP) is 3.79. The van der Waals surface area contributed by atoms with Crippen molar-refractivity contribution in [3.63, 3.8) is 0 Å². The molecule has 0 aliphatic heterocycles. The van der Waals surface area contributed by atoms with Crippen molar-refractivity contribution >= 4 is 23.5 Å². The minimum Gasteiger partial charge on any atom is -0.370 e. The highest BCUT2D eigenvalue weighted by molar-refractivity contribution is 7.99. The van der Waals surface area contributed by atoms with Crippen molar-refractivity contribution in [3.05, 3.63) is 64.7 Å². The van der Waals surface area contributed by atoms with Crippen LogP contribution in [0.15, 0.2) is 41.6 Å². The number of hydrogen-bond acceptors (Lipinski definition) is 5. The van der Waals surface area contributed by atoms with Crippen LogP contribution < -0.4 is 5.73 Å². The summed E-state index contributed by atoms with van der Waals surface area (Å²) in [7, 11) is 0. The zero-order valence-electron chi connectivity index (χ0n) is 19.2. The van der Waals surface area contributed by atoms with Gasteiger partial charge in [0.05, 0.1) is 5.75 Å². The number of nitrogens with two attached hydrogens (primary N) is 1. The molecule has 2 aromatic heterocycles. The molecule has 0 saturated heterocycles. The molecule has 32 heavy (non-hydrogen) atoms. The van der Waals surface area contributed by atoms with Crippen LogP contribution in [-0.4, -0.2) is 36.8 Å². The van der Waals surface area contributed by atoms with Gasteiger partial charge >= 0.3 is 0 Å². The topological polar surface area (TPSA) is 95.8 Å². The van der Waals surface area contributed by atoms with E-state index in [0.717, 1.165) is 35.9 Å². The molecule has 0 saturated carbocycles. The van der Waals surface area contributed by atoms with E-state index in [1.807, 2.05) is 42.7 Å². The van der Waals surface area contributed by atoms with Gasteiger partial charge in [0.25, 0.3) is 0 Å². The Hall–Kier alpha value is -2.87. The predicted molar refractivity (Wildman–Crippen MR) is 127 cm³/mol. The average molecular weight is 454 g/mol. The smallest absolute Gasteiger partial charge is 0.217 e. The van der Waals surface area contributed by atoms with Crippen LogP contribution in [-0.2, 0) is 24.3 Å². The van der Waals surface area contributed by atoms with Crippen molar-refractivity contribution < 1.29 is 9.59 Å². The third-order valence-corrected chi connectivity index (χ3v) is 6.29. The molecule has 3 aromatic rings. The fraction of sp³-hybridized carbons (Fsp3) is 0.417. The second-order valence-electron chi connectivity index (χ2n) is 8.44. The van der Waals surface area contributed by atoms with E-state index < -0.39 is 0 Å². The van der Waals surface area contributed by atoms with Crippen molar-refractivity contribution in [1.82, 2.24) is 19.3 Å². The van der Waals surface area contributed by atoms with Gasteiger partial charge in [0.15, 0.2) is 10.9 Å². The van der Waals surface area contributed by atoms with Crippen molar-refractivity contribution in [2.24, 2.45) is 11.7 Å². The van der Waals surface area contributed by atoms with Gasteiger partial charge in [0.1, 0.15) is 5.82 Å². The number of aromatic nitrogens is 4. The number of thioether (sulfide) groups is 1. The van der Waals surface area contributed by atoms with Crippen molar-refractivity contribution in [2.45, 2.75) is 58.8 Å². The van der Waals surface area contributed by atoms with Gasteiger partial charge in [-0.1, -0.05) is 55.9 Å². The summed E-state index contributed by atoms with van der Waals surface area (Å²) in [6.45, 7) is 9.72. The summed E-state index contributed by atoms with van der Waals surface area (Å²) >= 11 is 1.39. The number of ketones is 1. The molecule has 2 N–H and O–H groups in total. The molecule has 1 amide bonds. The Bertz CT molecular complexity index is 1090. The average Bonchev–Trinajstić information content (AvgIpc) is 3.26. The molecular weight excluding hydrogens is 422 g/mol. The Morgan fingerprint density at radius 2 is 1.81 bits per heavy atom. The molecule has 0 fully saturated rings. The lowest BCUT2D eigenvalue weighted by molar-refractivity contribution is -0.118. The Morgan fingerprint density at radius 3 is 2.47 bits per heavy atom. The molecule has 170 valence electrons. The maximum atomic E-state index is 13.1. The number of nitrogens with zero attached hydrogens (tertiary/aromatic N) is 4. The zero-order valence-corrected chi connectivity index (χ0v) is 20.0. The molecule has 0 unspecified atom stereocenters. The third kappa shape index (κ3) is 5.88. The molecule has 0 spiro atoms. The van der Waals surface area contributed by atoms with Gasteiger partial charge in [0.2, 0.25) is 5.91 Å². The first kappa shape index (κ1) is 23.8. The molecule has 0 radical (unpaired) electrons. The van der Waals surface area contributed by atoms with E-state index >= 15 is 0 Å². The molecule has 0 atom stereocenters. The van der Waals surface area contributed by atoms with Crippen LogP contribution in [0, 0.1) is 19.8 Å². The lowest BCUT2D eigenvalue weighted by atomic mass is 10.2. The standard InChI is InChI=1S/C24H31N5O2S/c1-16(2)13-29-23(11-10-22(25)31)26-27-24(29)32-15-21(30)20-12-17(3)28(18(20)4)14-19-8-6-5-7-9-19/h5-9,12,16H,10-11,13-15H2,1-4H3,(H2,25,31). The minimum atomic E-state index is -0.362. The van der Waals surface area contributed by atoms with Crippen LogP contribution >= 0.6 is 11.8 Å². The van der Waals surface area contributed by atoms with E-state index in [-0.39, 0.29) is 23.9 Å². The van der Waals surface area contributed by atoms with Crippen LogP contribution in [0.25, 0.3) is 0 Å². The normalized spacial score (nSPS) is 11.3.